The summed E-state index contributed by atoms with van der Waals surface area (Å²) in [6.07, 6.45) is 5.71. The molecule has 23 heavy (non-hydrogen) atoms. The van der Waals surface area contributed by atoms with E-state index in [0.717, 1.165) is 37.3 Å². The van der Waals surface area contributed by atoms with E-state index in [0.29, 0.717) is 5.92 Å². The Morgan fingerprint density at radius 3 is 2.78 bits per heavy atom. The zero-order valence-electron chi connectivity index (χ0n) is 14.0. The van der Waals surface area contributed by atoms with Crippen molar-refractivity contribution >= 4 is 5.91 Å². The second kappa shape index (κ2) is 6.14. The third-order valence-corrected chi connectivity index (χ3v) is 4.34. The smallest absolute Gasteiger partial charge is 0.227 e. The molecule has 1 aliphatic rings. The number of likely N-dealkylation sites (tertiary alicyclic amines) is 1. The van der Waals surface area contributed by atoms with E-state index in [1.165, 1.54) is 5.56 Å². The summed E-state index contributed by atoms with van der Waals surface area (Å²) in [5.41, 5.74) is 2.77. The average Bonchev–Trinajstić information content (AvgIpc) is 3.17. The number of pyridine rings is 1. The molecule has 0 bridgehead atoms. The molecule has 2 aromatic heterocycles. The SMILES string of the molecule is CC(C)(C)C(=O)N1CCC(Cc2ccc(-c3ccn[nH]3)nc2)C1. The van der Waals surface area contributed by atoms with Gasteiger partial charge in [0.05, 0.1) is 11.4 Å². The molecule has 0 aliphatic carbocycles. The van der Waals surface area contributed by atoms with Crippen molar-refractivity contribution < 1.29 is 4.79 Å². The number of nitrogens with one attached hydrogen (secondary N) is 1. The van der Waals surface area contributed by atoms with Crippen LogP contribution in [0.15, 0.2) is 30.6 Å². The first-order valence-corrected chi connectivity index (χ1v) is 8.17. The number of carbonyl (C=O) groups is 1. The maximum absolute atomic E-state index is 12.3. The quantitative estimate of drug-likeness (QED) is 0.948. The van der Waals surface area contributed by atoms with E-state index in [-0.39, 0.29) is 11.3 Å². The van der Waals surface area contributed by atoms with Crippen molar-refractivity contribution in [2.24, 2.45) is 11.3 Å². The highest BCUT2D eigenvalue weighted by Crippen LogP contribution is 2.26. The minimum absolute atomic E-state index is 0.257. The number of hydrogen-bond acceptors (Lipinski definition) is 3. The van der Waals surface area contributed by atoms with Gasteiger partial charge in [0.1, 0.15) is 0 Å². The number of nitrogens with zero attached hydrogens (tertiary/aromatic N) is 3. The van der Waals surface area contributed by atoms with E-state index in [4.69, 9.17) is 0 Å². The summed E-state index contributed by atoms with van der Waals surface area (Å²) in [7, 11) is 0. The Hall–Kier alpha value is -2.17. The van der Waals surface area contributed by atoms with Crippen molar-refractivity contribution in [3.8, 4) is 11.4 Å². The minimum atomic E-state index is -0.290. The lowest BCUT2D eigenvalue weighted by Gasteiger charge is -2.25. The van der Waals surface area contributed by atoms with Gasteiger partial charge in [-0.1, -0.05) is 26.8 Å². The fraction of sp³-hybridized carbons (Fsp3) is 0.500. The van der Waals surface area contributed by atoms with Gasteiger partial charge in [-0.05, 0) is 36.5 Å². The van der Waals surface area contributed by atoms with Crippen LogP contribution in [-0.4, -0.2) is 39.1 Å². The monoisotopic (exact) mass is 312 g/mol. The summed E-state index contributed by atoms with van der Waals surface area (Å²) in [5.74, 6) is 0.786. The lowest BCUT2D eigenvalue weighted by molar-refractivity contribution is -0.138. The van der Waals surface area contributed by atoms with Gasteiger partial charge in [-0.3, -0.25) is 14.9 Å². The van der Waals surface area contributed by atoms with Crippen molar-refractivity contribution in [1.29, 1.82) is 0 Å². The van der Waals surface area contributed by atoms with Crippen molar-refractivity contribution in [3.63, 3.8) is 0 Å². The highest BCUT2D eigenvalue weighted by molar-refractivity contribution is 5.81. The molecule has 5 nitrogen and oxygen atoms in total. The van der Waals surface area contributed by atoms with Gasteiger partial charge in [0.15, 0.2) is 0 Å². The molecule has 1 saturated heterocycles. The zero-order valence-corrected chi connectivity index (χ0v) is 14.0. The molecular weight excluding hydrogens is 288 g/mol. The van der Waals surface area contributed by atoms with Crippen molar-refractivity contribution in [3.05, 3.63) is 36.2 Å². The number of H-pyrrole nitrogens is 1. The highest BCUT2D eigenvalue weighted by atomic mass is 16.2. The predicted octanol–water partition coefficient (Wildman–Crippen LogP) is 2.91. The summed E-state index contributed by atoms with van der Waals surface area (Å²) in [6, 6.07) is 6.06. The van der Waals surface area contributed by atoms with E-state index < -0.39 is 0 Å². The van der Waals surface area contributed by atoms with Crippen LogP contribution >= 0.6 is 0 Å². The first-order chi connectivity index (χ1) is 10.9. The molecule has 2 aromatic rings. The number of aromatic amines is 1. The summed E-state index contributed by atoms with van der Waals surface area (Å²) < 4.78 is 0. The van der Waals surface area contributed by atoms with Gasteiger partial charge in [0.25, 0.3) is 0 Å². The number of carbonyl (C=O) groups excluding carboxylic acids is 1. The molecule has 0 spiro atoms. The maximum atomic E-state index is 12.3. The molecule has 0 saturated carbocycles. The second-order valence-corrected chi connectivity index (χ2v) is 7.38. The minimum Gasteiger partial charge on any atom is -0.342 e. The fourth-order valence-electron chi connectivity index (χ4n) is 3.09. The maximum Gasteiger partial charge on any atom is 0.227 e. The highest BCUT2D eigenvalue weighted by Gasteiger charge is 2.32. The molecule has 0 aromatic carbocycles. The molecule has 1 atom stereocenters. The zero-order chi connectivity index (χ0) is 16.4. The van der Waals surface area contributed by atoms with Crippen LogP contribution < -0.4 is 0 Å². The van der Waals surface area contributed by atoms with Crippen LogP contribution in [0.2, 0.25) is 0 Å². The molecule has 1 aliphatic heterocycles. The molecule has 0 radical (unpaired) electrons. The molecular formula is C18H24N4O. The van der Waals surface area contributed by atoms with Gasteiger partial charge in [0.2, 0.25) is 5.91 Å². The molecule has 122 valence electrons. The van der Waals surface area contributed by atoms with E-state index >= 15 is 0 Å². The lowest BCUT2D eigenvalue weighted by atomic mass is 9.95. The second-order valence-electron chi connectivity index (χ2n) is 7.38. The molecule has 3 rings (SSSR count). The largest absolute Gasteiger partial charge is 0.342 e. The molecule has 1 unspecified atom stereocenters. The Kier molecular flexibility index (Phi) is 4.20. The van der Waals surface area contributed by atoms with Crippen LogP contribution in [0.5, 0.6) is 0 Å². The Labute approximate surface area is 137 Å². The van der Waals surface area contributed by atoms with Crippen LogP contribution in [0, 0.1) is 11.3 Å². The summed E-state index contributed by atoms with van der Waals surface area (Å²) >= 11 is 0. The molecule has 1 fully saturated rings. The molecule has 3 heterocycles. The number of aromatic nitrogens is 3. The third-order valence-electron chi connectivity index (χ3n) is 4.34. The predicted molar refractivity (Wildman–Crippen MR) is 89.7 cm³/mol. The van der Waals surface area contributed by atoms with Gasteiger partial charge < -0.3 is 4.90 Å². The topological polar surface area (TPSA) is 61.9 Å². The van der Waals surface area contributed by atoms with Gasteiger partial charge in [-0.25, -0.2) is 0 Å². The third kappa shape index (κ3) is 3.60. The van der Waals surface area contributed by atoms with Crippen LogP contribution in [0.1, 0.15) is 32.8 Å². The summed E-state index contributed by atoms with van der Waals surface area (Å²) in [5, 5.41) is 6.87. The number of amides is 1. The summed E-state index contributed by atoms with van der Waals surface area (Å²) in [4.78, 5) is 18.9. The Morgan fingerprint density at radius 2 is 2.17 bits per heavy atom. The first-order valence-electron chi connectivity index (χ1n) is 8.17. The molecule has 1 amide bonds. The van der Waals surface area contributed by atoms with Gasteiger partial charge in [0, 0.05) is 30.9 Å². The molecule has 5 heteroatoms. The van der Waals surface area contributed by atoms with E-state index in [1.54, 1.807) is 6.20 Å². The van der Waals surface area contributed by atoms with Crippen molar-refractivity contribution in [2.75, 3.05) is 13.1 Å². The molecule has 1 N–H and O–H groups in total. The van der Waals surface area contributed by atoms with Crippen LogP contribution in [-0.2, 0) is 11.2 Å². The van der Waals surface area contributed by atoms with Gasteiger partial charge in [-0.15, -0.1) is 0 Å². The Bertz CT molecular complexity index is 655. The first kappa shape index (κ1) is 15.7. The van der Waals surface area contributed by atoms with Crippen molar-refractivity contribution in [1.82, 2.24) is 20.1 Å². The number of rotatable bonds is 3. The van der Waals surface area contributed by atoms with Crippen LogP contribution in [0.3, 0.4) is 0 Å². The number of hydrogen-bond donors (Lipinski definition) is 1. The Morgan fingerprint density at radius 1 is 1.35 bits per heavy atom. The normalized spacial score (nSPS) is 18.4. The van der Waals surface area contributed by atoms with Crippen LogP contribution in [0.25, 0.3) is 11.4 Å². The average molecular weight is 312 g/mol. The summed E-state index contributed by atoms with van der Waals surface area (Å²) in [6.45, 7) is 7.70. The van der Waals surface area contributed by atoms with Crippen molar-refractivity contribution in [2.45, 2.75) is 33.6 Å². The fourth-order valence-corrected chi connectivity index (χ4v) is 3.09. The van der Waals surface area contributed by atoms with E-state index in [2.05, 4.69) is 21.2 Å². The standard InChI is InChI=1S/C18H24N4O/c1-18(2,3)17(23)22-9-7-14(12-22)10-13-4-5-15(19-11-13)16-6-8-20-21-16/h4-6,8,11,14H,7,9-10,12H2,1-3H3,(H,20,21). The Balaban J connectivity index is 1.59. The van der Waals surface area contributed by atoms with Gasteiger partial charge in [-0.2, -0.15) is 5.10 Å². The van der Waals surface area contributed by atoms with Gasteiger partial charge >= 0.3 is 0 Å². The van der Waals surface area contributed by atoms with Crippen LogP contribution in [0.4, 0.5) is 0 Å². The van der Waals surface area contributed by atoms with E-state index in [1.807, 2.05) is 44.0 Å². The lowest BCUT2D eigenvalue weighted by Crippen LogP contribution is -2.38. The van der Waals surface area contributed by atoms with E-state index in [9.17, 15) is 4.79 Å².